The first kappa shape index (κ1) is 12.9. The van der Waals surface area contributed by atoms with E-state index in [0.717, 1.165) is 13.1 Å². The Morgan fingerprint density at radius 2 is 1.92 bits per heavy atom. The fourth-order valence-corrected chi connectivity index (χ4v) is 2.07. The Morgan fingerprint density at radius 1 is 1.38 bits per heavy atom. The Labute approximate surface area is 81.2 Å². The number of hydrogen-bond acceptors (Lipinski definition) is 4. The highest BCUT2D eigenvalue weighted by molar-refractivity contribution is 7.90. The van der Waals surface area contributed by atoms with E-state index in [9.17, 15) is 8.42 Å². The maximum absolute atomic E-state index is 10.9. The minimum atomic E-state index is -2.85. The number of sulfone groups is 1. The van der Waals surface area contributed by atoms with Crippen LogP contribution in [0.4, 0.5) is 0 Å². The third kappa shape index (κ3) is 9.79. The minimum Gasteiger partial charge on any atom is -0.312 e. The second kappa shape index (κ2) is 5.57. The van der Waals surface area contributed by atoms with E-state index in [4.69, 9.17) is 0 Å². The van der Waals surface area contributed by atoms with Gasteiger partial charge in [0, 0.05) is 25.4 Å². The zero-order chi connectivity index (χ0) is 10.5. The standard InChI is InChI=1S/C8H20N2O2S/c1-8(7-13(4,11)12)9-5-6-10(2)3/h8-9H,5-7H2,1-4H3. The summed E-state index contributed by atoms with van der Waals surface area (Å²) in [6.07, 6.45) is 1.26. The van der Waals surface area contributed by atoms with Crippen LogP contribution in [-0.4, -0.2) is 58.6 Å². The molecule has 0 aliphatic rings. The Bertz CT molecular complexity index is 224. The smallest absolute Gasteiger partial charge is 0.148 e. The molecule has 4 nitrogen and oxygen atoms in total. The first-order chi connectivity index (χ1) is 5.81. The topological polar surface area (TPSA) is 49.4 Å². The van der Waals surface area contributed by atoms with Gasteiger partial charge in [0.1, 0.15) is 9.84 Å². The van der Waals surface area contributed by atoms with Crippen molar-refractivity contribution in [2.45, 2.75) is 13.0 Å². The third-order valence-electron chi connectivity index (χ3n) is 1.60. The van der Waals surface area contributed by atoms with Crippen LogP contribution >= 0.6 is 0 Å². The van der Waals surface area contributed by atoms with Gasteiger partial charge in [-0.15, -0.1) is 0 Å². The molecule has 0 saturated heterocycles. The van der Waals surface area contributed by atoms with Gasteiger partial charge in [-0.05, 0) is 21.0 Å². The Hall–Kier alpha value is -0.130. The quantitative estimate of drug-likeness (QED) is 0.643. The summed E-state index contributed by atoms with van der Waals surface area (Å²) in [5, 5.41) is 3.15. The lowest BCUT2D eigenvalue weighted by atomic mass is 10.4. The van der Waals surface area contributed by atoms with Crippen molar-refractivity contribution < 1.29 is 8.42 Å². The molecule has 1 N–H and O–H groups in total. The SMILES string of the molecule is CC(CS(C)(=O)=O)NCCN(C)C. The molecular weight excluding hydrogens is 188 g/mol. The largest absolute Gasteiger partial charge is 0.312 e. The van der Waals surface area contributed by atoms with Crippen molar-refractivity contribution in [2.75, 3.05) is 39.2 Å². The summed E-state index contributed by atoms with van der Waals surface area (Å²) in [7, 11) is 1.13. The maximum Gasteiger partial charge on any atom is 0.148 e. The summed E-state index contributed by atoms with van der Waals surface area (Å²) in [5.74, 6) is 0.209. The molecule has 0 radical (unpaired) electrons. The van der Waals surface area contributed by atoms with Gasteiger partial charge in [0.25, 0.3) is 0 Å². The lowest BCUT2D eigenvalue weighted by Crippen LogP contribution is -2.37. The molecule has 5 heteroatoms. The minimum absolute atomic E-state index is 0.0370. The van der Waals surface area contributed by atoms with Gasteiger partial charge in [-0.25, -0.2) is 8.42 Å². The maximum atomic E-state index is 10.9. The van der Waals surface area contributed by atoms with Gasteiger partial charge in [0.15, 0.2) is 0 Å². The Balaban J connectivity index is 3.58. The predicted molar refractivity (Wildman–Crippen MR) is 55.7 cm³/mol. The number of hydrogen-bond donors (Lipinski definition) is 1. The van der Waals surface area contributed by atoms with Crippen LogP contribution in [0.25, 0.3) is 0 Å². The average molecular weight is 208 g/mol. The van der Waals surface area contributed by atoms with Crippen LogP contribution in [0, 0.1) is 0 Å². The Morgan fingerprint density at radius 3 is 2.31 bits per heavy atom. The summed E-state index contributed by atoms with van der Waals surface area (Å²) in [4.78, 5) is 2.06. The molecule has 0 amide bonds. The molecule has 0 aliphatic carbocycles. The van der Waals surface area contributed by atoms with E-state index in [2.05, 4.69) is 10.2 Å². The van der Waals surface area contributed by atoms with Crippen LogP contribution in [0.3, 0.4) is 0 Å². The summed E-state index contributed by atoms with van der Waals surface area (Å²) in [6.45, 7) is 3.63. The number of nitrogens with zero attached hydrogens (tertiary/aromatic N) is 1. The van der Waals surface area contributed by atoms with Crippen molar-refractivity contribution in [2.24, 2.45) is 0 Å². The molecule has 0 aromatic heterocycles. The molecular formula is C8H20N2O2S. The van der Waals surface area contributed by atoms with Gasteiger partial charge in [-0.2, -0.15) is 0 Å². The fourth-order valence-electron chi connectivity index (χ4n) is 1.05. The van der Waals surface area contributed by atoms with Gasteiger partial charge < -0.3 is 10.2 Å². The van der Waals surface area contributed by atoms with E-state index >= 15 is 0 Å². The highest BCUT2D eigenvalue weighted by Gasteiger charge is 2.08. The van der Waals surface area contributed by atoms with E-state index in [-0.39, 0.29) is 11.8 Å². The molecule has 0 aromatic carbocycles. The predicted octanol–water partition coefficient (Wildman–Crippen LogP) is -0.429. The lowest BCUT2D eigenvalue weighted by Gasteiger charge is -2.15. The summed E-state index contributed by atoms with van der Waals surface area (Å²) in [5.41, 5.74) is 0. The molecule has 0 heterocycles. The summed E-state index contributed by atoms with van der Waals surface area (Å²) >= 11 is 0. The molecule has 0 spiro atoms. The monoisotopic (exact) mass is 208 g/mol. The molecule has 0 fully saturated rings. The van der Waals surface area contributed by atoms with E-state index in [1.165, 1.54) is 6.26 Å². The average Bonchev–Trinajstić information content (AvgIpc) is 1.81. The molecule has 0 aliphatic heterocycles. The van der Waals surface area contributed by atoms with Crippen LogP contribution in [-0.2, 0) is 9.84 Å². The molecule has 1 atom stereocenters. The molecule has 0 bridgehead atoms. The fraction of sp³-hybridized carbons (Fsp3) is 1.00. The first-order valence-corrected chi connectivity index (χ1v) is 6.43. The van der Waals surface area contributed by atoms with E-state index < -0.39 is 9.84 Å². The zero-order valence-corrected chi connectivity index (χ0v) is 9.69. The second-order valence-corrected chi connectivity index (χ2v) is 5.94. The summed E-state index contributed by atoms with van der Waals surface area (Å²) < 4.78 is 21.8. The Kier molecular flexibility index (Phi) is 5.51. The molecule has 13 heavy (non-hydrogen) atoms. The highest BCUT2D eigenvalue weighted by Crippen LogP contribution is 1.89. The van der Waals surface area contributed by atoms with E-state index in [1.54, 1.807) is 0 Å². The molecule has 0 rings (SSSR count). The molecule has 0 saturated carbocycles. The van der Waals surface area contributed by atoms with Gasteiger partial charge in [0.05, 0.1) is 5.75 Å². The van der Waals surface area contributed by atoms with Crippen molar-refractivity contribution >= 4 is 9.84 Å². The zero-order valence-electron chi connectivity index (χ0n) is 8.87. The van der Waals surface area contributed by atoms with Gasteiger partial charge in [-0.3, -0.25) is 0 Å². The highest BCUT2D eigenvalue weighted by atomic mass is 32.2. The molecule has 1 unspecified atom stereocenters. The van der Waals surface area contributed by atoms with Crippen molar-refractivity contribution in [3.8, 4) is 0 Å². The van der Waals surface area contributed by atoms with Crippen LogP contribution in [0.15, 0.2) is 0 Å². The van der Waals surface area contributed by atoms with Gasteiger partial charge in [0.2, 0.25) is 0 Å². The van der Waals surface area contributed by atoms with Crippen molar-refractivity contribution in [3.63, 3.8) is 0 Å². The van der Waals surface area contributed by atoms with E-state index in [0.29, 0.717) is 0 Å². The molecule has 80 valence electrons. The van der Waals surface area contributed by atoms with Crippen molar-refractivity contribution in [3.05, 3.63) is 0 Å². The second-order valence-electron chi connectivity index (χ2n) is 3.75. The normalized spacial score (nSPS) is 14.8. The number of rotatable bonds is 6. The number of likely N-dealkylation sites (N-methyl/N-ethyl adjacent to an activating group) is 1. The van der Waals surface area contributed by atoms with Crippen LogP contribution < -0.4 is 5.32 Å². The van der Waals surface area contributed by atoms with Gasteiger partial charge >= 0.3 is 0 Å². The van der Waals surface area contributed by atoms with Crippen LogP contribution in [0.5, 0.6) is 0 Å². The van der Waals surface area contributed by atoms with Crippen molar-refractivity contribution in [1.29, 1.82) is 0 Å². The van der Waals surface area contributed by atoms with Crippen LogP contribution in [0.2, 0.25) is 0 Å². The van der Waals surface area contributed by atoms with Crippen molar-refractivity contribution in [1.82, 2.24) is 10.2 Å². The van der Waals surface area contributed by atoms with E-state index in [1.807, 2.05) is 21.0 Å². The lowest BCUT2D eigenvalue weighted by molar-refractivity contribution is 0.391. The number of nitrogens with one attached hydrogen (secondary N) is 1. The first-order valence-electron chi connectivity index (χ1n) is 4.37. The molecule has 0 aromatic rings. The third-order valence-corrected chi connectivity index (χ3v) is 2.71. The summed E-state index contributed by atoms with van der Waals surface area (Å²) in [6, 6.07) is 0.0370. The van der Waals surface area contributed by atoms with Gasteiger partial charge in [-0.1, -0.05) is 0 Å². The van der Waals surface area contributed by atoms with Crippen LogP contribution in [0.1, 0.15) is 6.92 Å².